The molecule has 0 atom stereocenters. The molecular formula is C26H27ClN2O5S2. The predicted molar refractivity (Wildman–Crippen MR) is 142 cm³/mol. The molecule has 1 heterocycles. The van der Waals surface area contributed by atoms with Gasteiger partial charge in [0.2, 0.25) is 15.9 Å². The Morgan fingerprint density at radius 1 is 1.17 bits per heavy atom. The highest BCUT2D eigenvalue weighted by molar-refractivity contribution is 7.89. The minimum absolute atomic E-state index is 0.0563. The lowest BCUT2D eigenvalue weighted by molar-refractivity contribution is -0.131. The SMILES string of the molecule is C#CCNS(=O)(=O)c1ccc(CCN(Cc2cc(Cl)ccc2OCCO)C(=O)Cc2ccsc2)cc1. The van der Waals surface area contributed by atoms with E-state index in [1.165, 1.54) is 23.5 Å². The number of ether oxygens (including phenoxy) is 1. The third-order valence-corrected chi connectivity index (χ3v) is 7.67. The molecule has 1 amide bonds. The van der Waals surface area contributed by atoms with E-state index in [1.807, 2.05) is 16.8 Å². The van der Waals surface area contributed by atoms with Crippen LogP contribution in [-0.2, 0) is 34.2 Å². The third kappa shape index (κ3) is 8.08. The van der Waals surface area contributed by atoms with Gasteiger partial charge in [0.25, 0.3) is 0 Å². The highest BCUT2D eigenvalue weighted by atomic mass is 35.5. The number of sulfonamides is 1. The second kappa shape index (κ2) is 13.4. The van der Waals surface area contributed by atoms with E-state index in [4.69, 9.17) is 27.9 Å². The number of nitrogens with one attached hydrogen (secondary N) is 1. The monoisotopic (exact) mass is 546 g/mol. The number of carbonyl (C=O) groups is 1. The summed E-state index contributed by atoms with van der Waals surface area (Å²) in [6, 6.07) is 13.6. The minimum atomic E-state index is -3.67. The van der Waals surface area contributed by atoms with Crippen LogP contribution >= 0.6 is 22.9 Å². The normalized spacial score (nSPS) is 11.1. The molecule has 0 spiro atoms. The van der Waals surface area contributed by atoms with E-state index >= 15 is 0 Å². The molecule has 0 saturated carbocycles. The average Bonchev–Trinajstić information content (AvgIpc) is 3.38. The van der Waals surface area contributed by atoms with Crippen molar-refractivity contribution in [3.63, 3.8) is 0 Å². The van der Waals surface area contributed by atoms with Crippen molar-refractivity contribution in [1.82, 2.24) is 9.62 Å². The largest absolute Gasteiger partial charge is 0.491 e. The lowest BCUT2D eigenvalue weighted by atomic mass is 10.1. The molecule has 3 aromatic rings. The van der Waals surface area contributed by atoms with E-state index in [1.54, 1.807) is 35.2 Å². The van der Waals surface area contributed by atoms with Crippen molar-refractivity contribution < 1.29 is 23.1 Å². The van der Waals surface area contributed by atoms with E-state index in [9.17, 15) is 13.2 Å². The maximum atomic E-state index is 13.2. The van der Waals surface area contributed by atoms with Gasteiger partial charge in [-0.1, -0.05) is 29.7 Å². The van der Waals surface area contributed by atoms with Gasteiger partial charge in [0.05, 0.1) is 24.5 Å². The Kier molecular flexibility index (Phi) is 10.3. The number of carbonyl (C=O) groups excluding carboxylic acids is 1. The Labute approximate surface area is 220 Å². The van der Waals surface area contributed by atoms with Gasteiger partial charge in [-0.05, 0) is 64.7 Å². The summed E-state index contributed by atoms with van der Waals surface area (Å²) in [5, 5.41) is 13.5. The number of amides is 1. The van der Waals surface area contributed by atoms with Crippen molar-refractivity contribution in [2.24, 2.45) is 0 Å². The zero-order valence-corrected chi connectivity index (χ0v) is 21.9. The molecule has 0 saturated heterocycles. The summed E-state index contributed by atoms with van der Waals surface area (Å²) in [7, 11) is -3.67. The summed E-state index contributed by atoms with van der Waals surface area (Å²) in [4.78, 5) is 15.1. The van der Waals surface area contributed by atoms with Crippen LogP contribution in [0.4, 0.5) is 0 Å². The Balaban J connectivity index is 1.77. The van der Waals surface area contributed by atoms with Crippen molar-refractivity contribution in [2.45, 2.75) is 24.3 Å². The number of hydrogen-bond donors (Lipinski definition) is 2. The van der Waals surface area contributed by atoms with Crippen LogP contribution in [-0.4, -0.2) is 50.6 Å². The van der Waals surface area contributed by atoms with Gasteiger partial charge in [0.15, 0.2) is 0 Å². The van der Waals surface area contributed by atoms with Crippen molar-refractivity contribution in [2.75, 3.05) is 26.3 Å². The van der Waals surface area contributed by atoms with Gasteiger partial charge in [0, 0.05) is 23.7 Å². The molecule has 3 rings (SSSR count). The number of nitrogens with zero attached hydrogens (tertiary/aromatic N) is 1. The van der Waals surface area contributed by atoms with Crippen LogP contribution in [0, 0.1) is 12.3 Å². The molecule has 0 aliphatic rings. The number of halogens is 1. The summed E-state index contributed by atoms with van der Waals surface area (Å²) < 4.78 is 32.5. The van der Waals surface area contributed by atoms with Crippen LogP contribution in [0.25, 0.3) is 0 Å². The van der Waals surface area contributed by atoms with Gasteiger partial charge < -0.3 is 14.7 Å². The lowest BCUT2D eigenvalue weighted by Gasteiger charge is -2.24. The van der Waals surface area contributed by atoms with Crippen LogP contribution < -0.4 is 9.46 Å². The van der Waals surface area contributed by atoms with Gasteiger partial charge in [0.1, 0.15) is 12.4 Å². The molecule has 7 nitrogen and oxygen atoms in total. The minimum Gasteiger partial charge on any atom is -0.491 e. The molecule has 10 heteroatoms. The predicted octanol–water partition coefficient (Wildman–Crippen LogP) is 3.50. The van der Waals surface area contributed by atoms with Crippen molar-refractivity contribution in [3.8, 4) is 18.1 Å². The van der Waals surface area contributed by atoms with Gasteiger partial charge in [-0.25, -0.2) is 8.42 Å². The fraction of sp³-hybridized carbons (Fsp3) is 0.269. The maximum absolute atomic E-state index is 13.2. The Morgan fingerprint density at radius 2 is 1.94 bits per heavy atom. The first kappa shape index (κ1) is 27.7. The first-order chi connectivity index (χ1) is 17.3. The van der Waals surface area contributed by atoms with Crippen molar-refractivity contribution in [3.05, 3.63) is 81.0 Å². The Hall–Kier alpha value is -2.87. The van der Waals surface area contributed by atoms with Crippen molar-refractivity contribution in [1.29, 1.82) is 0 Å². The first-order valence-electron chi connectivity index (χ1n) is 11.2. The number of benzene rings is 2. The molecule has 1 aromatic heterocycles. The fourth-order valence-corrected chi connectivity index (χ4v) is 5.26. The number of thiophene rings is 1. The van der Waals surface area contributed by atoms with Gasteiger partial charge in [-0.15, -0.1) is 6.42 Å². The van der Waals surface area contributed by atoms with Crippen LogP contribution in [0.15, 0.2) is 64.2 Å². The average molecular weight is 547 g/mol. The second-order valence-corrected chi connectivity index (χ2v) is 10.9. The summed E-state index contributed by atoms with van der Waals surface area (Å²) in [6.07, 6.45) is 5.91. The summed E-state index contributed by atoms with van der Waals surface area (Å²) in [5.41, 5.74) is 2.55. The van der Waals surface area contributed by atoms with E-state index in [0.717, 1.165) is 16.7 Å². The zero-order valence-electron chi connectivity index (χ0n) is 19.5. The van der Waals surface area contributed by atoms with Gasteiger partial charge in [-0.3, -0.25) is 4.79 Å². The van der Waals surface area contributed by atoms with Crippen LogP contribution in [0.5, 0.6) is 5.75 Å². The quantitative estimate of drug-likeness (QED) is 0.320. The molecule has 0 fully saturated rings. The van der Waals surface area contributed by atoms with Crippen molar-refractivity contribution >= 4 is 38.9 Å². The van der Waals surface area contributed by atoms with E-state index in [2.05, 4.69) is 10.6 Å². The lowest BCUT2D eigenvalue weighted by Crippen LogP contribution is -2.33. The van der Waals surface area contributed by atoms with Crippen LogP contribution in [0.3, 0.4) is 0 Å². The molecule has 2 aromatic carbocycles. The summed E-state index contributed by atoms with van der Waals surface area (Å²) in [5.74, 6) is 2.74. The van der Waals surface area contributed by atoms with E-state index < -0.39 is 10.0 Å². The van der Waals surface area contributed by atoms with E-state index in [-0.39, 0.29) is 43.5 Å². The first-order valence-corrected chi connectivity index (χ1v) is 14.0. The highest BCUT2D eigenvalue weighted by Gasteiger charge is 2.18. The Bertz CT molecular complexity index is 1290. The maximum Gasteiger partial charge on any atom is 0.241 e. The molecule has 2 N–H and O–H groups in total. The summed E-state index contributed by atoms with van der Waals surface area (Å²) >= 11 is 7.75. The number of rotatable bonds is 13. The standard InChI is InChI=1S/C26H27ClN2O5S2/c1-2-11-28-36(32,33)24-6-3-20(4-7-24)9-12-29(26(31)16-21-10-15-35-19-21)18-22-17-23(27)5-8-25(22)34-14-13-30/h1,3-8,10,15,17,19,28,30H,9,11-14,16,18H2. The molecule has 190 valence electrons. The van der Waals surface area contributed by atoms with Crippen LogP contribution in [0.2, 0.25) is 5.02 Å². The van der Waals surface area contributed by atoms with Gasteiger partial charge >= 0.3 is 0 Å². The summed E-state index contributed by atoms with van der Waals surface area (Å²) in [6.45, 7) is 0.581. The molecule has 0 bridgehead atoms. The third-order valence-electron chi connectivity index (χ3n) is 5.29. The number of terminal acetylenes is 1. The van der Waals surface area contributed by atoms with Gasteiger partial charge in [-0.2, -0.15) is 16.1 Å². The topological polar surface area (TPSA) is 95.9 Å². The molecule has 0 aliphatic carbocycles. The number of aliphatic hydroxyl groups excluding tert-OH is 1. The van der Waals surface area contributed by atoms with E-state index in [0.29, 0.717) is 23.7 Å². The smallest absolute Gasteiger partial charge is 0.241 e. The number of hydrogen-bond acceptors (Lipinski definition) is 6. The fourth-order valence-electron chi connectivity index (χ4n) is 3.46. The number of aliphatic hydroxyl groups is 1. The second-order valence-electron chi connectivity index (χ2n) is 7.87. The molecule has 0 radical (unpaired) electrons. The zero-order chi connectivity index (χ0) is 26.0. The van der Waals surface area contributed by atoms with Crippen LogP contribution in [0.1, 0.15) is 16.7 Å². The Morgan fingerprint density at radius 3 is 2.61 bits per heavy atom. The molecule has 0 aliphatic heterocycles. The molecule has 36 heavy (non-hydrogen) atoms. The molecular weight excluding hydrogens is 520 g/mol. The highest BCUT2D eigenvalue weighted by Crippen LogP contribution is 2.25. The molecule has 0 unspecified atom stereocenters.